The molecule has 3 rings (SSSR count). The van der Waals surface area contributed by atoms with Gasteiger partial charge in [-0.15, -0.1) is 0 Å². The van der Waals surface area contributed by atoms with Gasteiger partial charge in [0.25, 0.3) is 5.91 Å². The zero-order valence-corrected chi connectivity index (χ0v) is 15.4. The number of amides is 1. The topological polar surface area (TPSA) is 118 Å². The van der Waals surface area contributed by atoms with Crippen molar-refractivity contribution in [2.75, 3.05) is 6.54 Å². The number of hydrogen-bond acceptors (Lipinski definition) is 7. The fourth-order valence-electron chi connectivity index (χ4n) is 2.48. The van der Waals surface area contributed by atoms with Crippen LogP contribution in [-0.4, -0.2) is 23.1 Å². The van der Waals surface area contributed by atoms with Crippen LogP contribution in [0.5, 0.6) is 0 Å². The van der Waals surface area contributed by atoms with Crippen LogP contribution < -0.4 is 22.3 Å². The predicted molar refractivity (Wildman–Crippen MR) is 104 cm³/mol. The second-order valence-electron chi connectivity index (χ2n) is 5.73. The molecule has 0 radical (unpaired) electrons. The van der Waals surface area contributed by atoms with Crippen LogP contribution in [0.25, 0.3) is 0 Å². The summed E-state index contributed by atoms with van der Waals surface area (Å²) in [6.07, 6.45) is 0.820. The van der Waals surface area contributed by atoms with Crippen molar-refractivity contribution in [1.29, 1.82) is 0 Å². The smallest absolute Gasteiger partial charge is 0.269 e. The van der Waals surface area contributed by atoms with Gasteiger partial charge >= 0.3 is 0 Å². The third kappa shape index (κ3) is 4.09. The van der Waals surface area contributed by atoms with Gasteiger partial charge in [-0.3, -0.25) is 10.6 Å². The number of aliphatic imine (C=N–C) groups is 1. The van der Waals surface area contributed by atoms with Gasteiger partial charge in [-0.25, -0.2) is 14.4 Å². The quantitative estimate of drug-likeness (QED) is 0.462. The molecule has 140 valence electrons. The Morgan fingerprint density at radius 2 is 2.11 bits per heavy atom. The number of carbonyl (C=O) groups excluding carboxylic acids is 1. The number of pyridine rings is 1. The number of hydrazine groups is 1. The second-order valence-corrected chi connectivity index (χ2v) is 6.81. The van der Waals surface area contributed by atoms with Crippen LogP contribution >= 0.6 is 11.8 Å². The van der Waals surface area contributed by atoms with E-state index in [4.69, 9.17) is 11.6 Å². The Kier molecular flexibility index (Phi) is 5.72. The normalized spacial score (nSPS) is 13.5. The van der Waals surface area contributed by atoms with Crippen LogP contribution in [0.2, 0.25) is 0 Å². The Balaban J connectivity index is 2.10. The molecule has 1 aliphatic rings. The van der Waals surface area contributed by atoms with Crippen molar-refractivity contribution in [3.63, 3.8) is 0 Å². The first-order valence-corrected chi connectivity index (χ1v) is 9.13. The Hall–Kier alpha value is -2.91. The number of allylic oxidation sites excluding steroid dienone is 1. The molecule has 27 heavy (non-hydrogen) atoms. The van der Waals surface area contributed by atoms with Crippen molar-refractivity contribution in [1.82, 2.24) is 15.7 Å². The number of nitrogens with zero attached hydrogens (tertiary/aromatic N) is 2. The molecule has 0 saturated heterocycles. The molecule has 0 aliphatic carbocycles. The van der Waals surface area contributed by atoms with Gasteiger partial charge in [-0.05, 0) is 30.7 Å². The number of benzene rings is 1. The molecule has 1 aromatic heterocycles. The molecule has 0 unspecified atom stereocenters. The largest absolute Gasteiger partial charge is 0.391 e. The zero-order chi connectivity index (χ0) is 19.4. The standard InChI is InChI=1S/C18H19FN6OS/c1-2-8-22-18(26)12-6-7-13-17(23-12)24-14(15(25-21)16(20)27-13)10-4-3-5-11(19)9-10/h3-7,9,25H,2,8,20-21H2,1H3,(H,22,26). The van der Waals surface area contributed by atoms with Crippen LogP contribution in [0.3, 0.4) is 0 Å². The predicted octanol–water partition coefficient (Wildman–Crippen LogP) is 2.18. The van der Waals surface area contributed by atoms with Crippen molar-refractivity contribution in [2.24, 2.45) is 16.6 Å². The molecule has 7 nitrogen and oxygen atoms in total. The van der Waals surface area contributed by atoms with E-state index in [9.17, 15) is 9.18 Å². The molecule has 0 fully saturated rings. The van der Waals surface area contributed by atoms with E-state index in [0.717, 1.165) is 6.42 Å². The maximum absolute atomic E-state index is 13.7. The molecule has 0 atom stereocenters. The van der Waals surface area contributed by atoms with Crippen LogP contribution in [-0.2, 0) is 0 Å². The molecular formula is C18H19FN6OS. The molecule has 9 heteroatoms. The van der Waals surface area contributed by atoms with Gasteiger partial charge in [-0.1, -0.05) is 30.8 Å². The highest BCUT2D eigenvalue weighted by Crippen LogP contribution is 2.36. The molecule has 0 saturated carbocycles. The van der Waals surface area contributed by atoms with E-state index in [-0.39, 0.29) is 11.6 Å². The van der Waals surface area contributed by atoms with Crippen LogP contribution in [0, 0.1) is 5.82 Å². The van der Waals surface area contributed by atoms with E-state index >= 15 is 0 Å². The highest BCUT2D eigenvalue weighted by molar-refractivity contribution is 8.03. The lowest BCUT2D eigenvalue weighted by Gasteiger charge is -2.11. The van der Waals surface area contributed by atoms with Crippen LogP contribution in [0.1, 0.15) is 29.4 Å². The number of halogens is 1. The minimum atomic E-state index is -0.414. The lowest BCUT2D eigenvalue weighted by atomic mass is 10.1. The van der Waals surface area contributed by atoms with E-state index in [1.807, 2.05) is 6.92 Å². The van der Waals surface area contributed by atoms with Gasteiger partial charge in [0.1, 0.15) is 22.9 Å². The molecule has 1 aromatic carbocycles. The number of aromatic nitrogens is 1. The highest BCUT2D eigenvalue weighted by Gasteiger charge is 2.22. The summed E-state index contributed by atoms with van der Waals surface area (Å²) in [5.41, 5.74) is 10.1. The Morgan fingerprint density at radius 1 is 1.30 bits per heavy atom. The lowest BCUT2D eigenvalue weighted by Crippen LogP contribution is -2.30. The molecular weight excluding hydrogens is 367 g/mol. The summed E-state index contributed by atoms with van der Waals surface area (Å²) >= 11 is 1.22. The van der Waals surface area contributed by atoms with Gasteiger partial charge in [-0.2, -0.15) is 0 Å². The monoisotopic (exact) mass is 386 g/mol. The van der Waals surface area contributed by atoms with E-state index in [2.05, 4.69) is 20.7 Å². The average Bonchev–Trinajstić information content (AvgIpc) is 2.80. The van der Waals surface area contributed by atoms with Crippen LogP contribution in [0.4, 0.5) is 10.2 Å². The molecule has 6 N–H and O–H groups in total. The van der Waals surface area contributed by atoms with E-state index in [0.29, 0.717) is 39.3 Å². The first kappa shape index (κ1) is 18.9. The molecule has 0 spiro atoms. The summed E-state index contributed by atoms with van der Waals surface area (Å²) in [6.45, 7) is 2.52. The summed E-state index contributed by atoms with van der Waals surface area (Å²) in [5, 5.41) is 3.14. The summed E-state index contributed by atoms with van der Waals surface area (Å²) < 4.78 is 13.7. The Morgan fingerprint density at radius 3 is 2.81 bits per heavy atom. The van der Waals surface area contributed by atoms with E-state index < -0.39 is 5.82 Å². The Bertz CT molecular complexity index is 943. The molecule has 2 aromatic rings. The first-order valence-electron chi connectivity index (χ1n) is 8.32. The zero-order valence-electron chi connectivity index (χ0n) is 14.6. The van der Waals surface area contributed by atoms with Gasteiger partial charge in [0, 0.05) is 12.1 Å². The average molecular weight is 386 g/mol. The highest BCUT2D eigenvalue weighted by atomic mass is 32.2. The third-order valence-corrected chi connectivity index (χ3v) is 4.73. The number of thioether (sulfide) groups is 1. The molecule has 0 bridgehead atoms. The van der Waals surface area contributed by atoms with Gasteiger partial charge in [0.15, 0.2) is 5.82 Å². The third-order valence-electron chi connectivity index (χ3n) is 3.77. The van der Waals surface area contributed by atoms with E-state index in [1.54, 1.807) is 24.3 Å². The number of nitrogens with one attached hydrogen (secondary N) is 2. The summed E-state index contributed by atoms with van der Waals surface area (Å²) in [5.74, 6) is 5.26. The van der Waals surface area contributed by atoms with Gasteiger partial charge in [0.05, 0.1) is 9.92 Å². The second kappa shape index (κ2) is 8.19. The minimum Gasteiger partial charge on any atom is -0.391 e. The summed E-state index contributed by atoms with van der Waals surface area (Å²) in [7, 11) is 0. The van der Waals surface area contributed by atoms with Gasteiger partial charge in [0.2, 0.25) is 0 Å². The number of carbonyl (C=O) groups is 1. The SMILES string of the molecule is CCCNC(=O)c1ccc2c(n1)N=C(c1cccc(F)c1)C(NN)=C(N)S2. The van der Waals surface area contributed by atoms with Crippen molar-refractivity contribution < 1.29 is 9.18 Å². The van der Waals surface area contributed by atoms with E-state index in [1.165, 1.54) is 23.9 Å². The number of rotatable bonds is 5. The Labute approximate surface area is 160 Å². The first-order chi connectivity index (χ1) is 13.0. The van der Waals surface area contributed by atoms with Crippen molar-refractivity contribution in [3.8, 4) is 0 Å². The fourth-order valence-corrected chi connectivity index (χ4v) is 3.30. The van der Waals surface area contributed by atoms with Crippen molar-refractivity contribution in [3.05, 3.63) is 64.2 Å². The van der Waals surface area contributed by atoms with Gasteiger partial charge < -0.3 is 16.5 Å². The molecule has 2 heterocycles. The number of nitrogens with two attached hydrogens (primary N) is 2. The number of hydrogen-bond donors (Lipinski definition) is 4. The minimum absolute atomic E-state index is 0.243. The number of fused-ring (bicyclic) bond motifs is 1. The van der Waals surface area contributed by atoms with Crippen molar-refractivity contribution >= 4 is 29.2 Å². The molecule has 1 amide bonds. The summed E-state index contributed by atoms with van der Waals surface area (Å²) in [4.78, 5) is 21.8. The summed E-state index contributed by atoms with van der Waals surface area (Å²) in [6, 6.07) is 9.27. The fraction of sp³-hybridized carbons (Fsp3) is 0.167. The van der Waals surface area contributed by atoms with Crippen molar-refractivity contribution in [2.45, 2.75) is 18.2 Å². The maximum atomic E-state index is 13.7. The lowest BCUT2D eigenvalue weighted by molar-refractivity contribution is 0.0948. The molecule has 1 aliphatic heterocycles. The van der Waals surface area contributed by atoms with Crippen LogP contribution in [0.15, 0.2) is 57.0 Å². The maximum Gasteiger partial charge on any atom is 0.269 e.